The van der Waals surface area contributed by atoms with E-state index in [-0.39, 0.29) is 10.6 Å². The molecule has 2 aromatic carbocycles. The number of carbonyl (C=O) groups excluding carboxylic acids is 1. The summed E-state index contributed by atoms with van der Waals surface area (Å²) >= 11 is 0. The Morgan fingerprint density at radius 1 is 1.14 bits per heavy atom. The Bertz CT molecular complexity index is 829. The largest absolute Gasteiger partial charge is 0.322 e. The first-order chi connectivity index (χ1) is 10.3. The monoisotopic (exact) mass is 339 g/mol. The van der Waals surface area contributed by atoms with Crippen LogP contribution in [-0.4, -0.2) is 29.3 Å². The lowest BCUT2D eigenvalue weighted by Gasteiger charge is -2.07. The highest BCUT2D eigenvalue weighted by atomic mass is 32.2. The molecule has 1 atom stereocenters. The van der Waals surface area contributed by atoms with E-state index in [1.807, 2.05) is 0 Å². The molecule has 0 saturated carbocycles. The third-order valence-corrected chi connectivity index (χ3v) is 4.62. The molecule has 0 aliphatic carbocycles. The first-order valence-electron chi connectivity index (χ1n) is 6.10. The number of nitrogens with one attached hydrogen (secondary N) is 1. The molecule has 0 heterocycles. The van der Waals surface area contributed by atoms with Crippen LogP contribution in [0.2, 0.25) is 0 Å². The van der Waals surface area contributed by atoms with Gasteiger partial charge in [-0.05, 0) is 42.5 Å². The number of benzene rings is 2. The van der Waals surface area contributed by atoms with Crippen molar-refractivity contribution in [3.63, 3.8) is 0 Å². The summed E-state index contributed by atoms with van der Waals surface area (Å²) in [5.74, 6) is -0.444. The average Bonchev–Trinajstić information content (AvgIpc) is 2.46. The van der Waals surface area contributed by atoms with Crippen LogP contribution in [-0.2, 0) is 20.9 Å². The molecule has 0 aliphatic rings. The quantitative estimate of drug-likeness (QED) is 0.829. The highest BCUT2D eigenvalue weighted by Gasteiger charge is 2.12. The molecule has 22 heavy (non-hydrogen) atoms. The first-order valence-corrected chi connectivity index (χ1v) is 9.09. The standard InChI is InChI=1S/C14H13NO5S2/c1-21(17)12-7-5-10(6-8-12)14(16)15-11-3-2-4-13(9-11)22(18,19)20/h2-9H,1H3,(H,15,16)(H,18,19,20). The highest BCUT2D eigenvalue weighted by Crippen LogP contribution is 2.16. The topological polar surface area (TPSA) is 101 Å². The zero-order chi connectivity index (χ0) is 16.3. The van der Waals surface area contributed by atoms with Gasteiger partial charge >= 0.3 is 0 Å². The van der Waals surface area contributed by atoms with E-state index in [1.165, 1.54) is 36.6 Å². The Morgan fingerprint density at radius 3 is 2.32 bits per heavy atom. The van der Waals surface area contributed by atoms with Crippen LogP contribution in [0.5, 0.6) is 0 Å². The molecule has 0 bridgehead atoms. The summed E-state index contributed by atoms with van der Waals surface area (Å²) in [4.78, 5) is 12.4. The third kappa shape index (κ3) is 4.00. The summed E-state index contributed by atoms with van der Waals surface area (Å²) in [6.45, 7) is 0. The Hall–Kier alpha value is -2.03. The van der Waals surface area contributed by atoms with Gasteiger partial charge in [-0.1, -0.05) is 6.07 Å². The number of rotatable bonds is 4. The van der Waals surface area contributed by atoms with Gasteiger partial charge in [-0.2, -0.15) is 8.42 Å². The summed E-state index contributed by atoms with van der Waals surface area (Å²) < 4.78 is 42.4. The number of hydrogen-bond acceptors (Lipinski definition) is 4. The minimum Gasteiger partial charge on any atom is -0.322 e. The van der Waals surface area contributed by atoms with Gasteiger partial charge in [0.1, 0.15) is 0 Å². The molecule has 2 N–H and O–H groups in total. The van der Waals surface area contributed by atoms with Crippen molar-refractivity contribution in [3.05, 3.63) is 54.1 Å². The fourth-order valence-corrected chi connectivity index (χ4v) is 2.78. The second kappa shape index (κ2) is 6.39. The van der Waals surface area contributed by atoms with Gasteiger partial charge in [-0.25, -0.2) is 0 Å². The Kier molecular flexibility index (Phi) is 4.74. The number of amides is 1. The van der Waals surface area contributed by atoms with E-state index < -0.39 is 26.8 Å². The van der Waals surface area contributed by atoms with Crippen LogP contribution in [0, 0.1) is 0 Å². The van der Waals surface area contributed by atoms with Crippen molar-refractivity contribution in [2.45, 2.75) is 9.79 Å². The zero-order valence-electron chi connectivity index (χ0n) is 11.5. The summed E-state index contributed by atoms with van der Waals surface area (Å²) in [5.41, 5.74) is 0.578. The fraction of sp³-hybridized carbons (Fsp3) is 0.0714. The highest BCUT2D eigenvalue weighted by molar-refractivity contribution is 7.85. The van der Waals surface area contributed by atoms with Crippen LogP contribution in [0.4, 0.5) is 5.69 Å². The van der Waals surface area contributed by atoms with Crippen molar-refractivity contribution in [3.8, 4) is 0 Å². The van der Waals surface area contributed by atoms with E-state index >= 15 is 0 Å². The third-order valence-electron chi connectivity index (χ3n) is 2.84. The smallest absolute Gasteiger partial charge is 0.294 e. The SMILES string of the molecule is CS(=O)c1ccc(C(=O)Nc2cccc(S(=O)(=O)O)c2)cc1. The van der Waals surface area contributed by atoms with Crippen molar-refractivity contribution >= 4 is 32.5 Å². The number of hydrogen-bond donors (Lipinski definition) is 2. The average molecular weight is 339 g/mol. The Balaban J connectivity index is 2.20. The number of carbonyl (C=O) groups is 1. The molecule has 8 heteroatoms. The lowest BCUT2D eigenvalue weighted by Crippen LogP contribution is -2.12. The van der Waals surface area contributed by atoms with Crippen molar-refractivity contribution in [2.24, 2.45) is 0 Å². The minimum atomic E-state index is -4.33. The van der Waals surface area contributed by atoms with Crippen LogP contribution in [0.3, 0.4) is 0 Å². The molecule has 0 saturated heterocycles. The van der Waals surface area contributed by atoms with E-state index in [2.05, 4.69) is 5.32 Å². The van der Waals surface area contributed by atoms with Gasteiger partial charge in [-0.15, -0.1) is 0 Å². The van der Waals surface area contributed by atoms with E-state index in [4.69, 9.17) is 4.55 Å². The summed E-state index contributed by atoms with van der Waals surface area (Å²) in [5, 5.41) is 2.53. The molecule has 1 unspecified atom stereocenters. The molecule has 0 fully saturated rings. The Morgan fingerprint density at radius 2 is 1.77 bits per heavy atom. The second-order valence-electron chi connectivity index (χ2n) is 4.44. The van der Waals surface area contributed by atoms with Gasteiger partial charge in [0.2, 0.25) is 0 Å². The number of anilines is 1. The summed E-state index contributed by atoms with van der Waals surface area (Å²) in [6, 6.07) is 11.5. The van der Waals surface area contributed by atoms with E-state index in [0.29, 0.717) is 10.5 Å². The molecular formula is C14H13NO5S2. The molecule has 0 spiro atoms. The molecule has 116 valence electrons. The van der Waals surface area contributed by atoms with Gasteiger partial charge < -0.3 is 5.32 Å². The van der Waals surface area contributed by atoms with Gasteiger partial charge in [0.05, 0.1) is 4.90 Å². The van der Waals surface area contributed by atoms with E-state index in [9.17, 15) is 17.4 Å². The van der Waals surface area contributed by atoms with Gasteiger partial charge in [-0.3, -0.25) is 13.6 Å². The second-order valence-corrected chi connectivity index (χ2v) is 7.24. The molecule has 2 rings (SSSR count). The van der Waals surface area contributed by atoms with Crippen LogP contribution in [0.25, 0.3) is 0 Å². The van der Waals surface area contributed by atoms with Crippen molar-refractivity contribution < 1.29 is 22.0 Å². The van der Waals surface area contributed by atoms with Crippen LogP contribution >= 0.6 is 0 Å². The lowest BCUT2D eigenvalue weighted by molar-refractivity contribution is 0.102. The van der Waals surface area contributed by atoms with Crippen LogP contribution in [0.1, 0.15) is 10.4 Å². The molecule has 2 aromatic rings. The predicted octanol–water partition coefficient (Wildman–Crippen LogP) is 1.92. The van der Waals surface area contributed by atoms with E-state index in [1.54, 1.807) is 12.1 Å². The summed E-state index contributed by atoms with van der Waals surface area (Å²) in [6.07, 6.45) is 1.54. The first kappa shape index (κ1) is 16.3. The molecule has 6 nitrogen and oxygen atoms in total. The van der Waals surface area contributed by atoms with Gasteiger partial charge in [0.25, 0.3) is 16.0 Å². The zero-order valence-corrected chi connectivity index (χ0v) is 13.1. The minimum absolute atomic E-state index is 0.239. The van der Waals surface area contributed by atoms with Gasteiger partial charge in [0, 0.05) is 33.2 Å². The normalized spacial score (nSPS) is 12.6. The van der Waals surface area contributed by atoms with Gasteiger partial charge in [0.15, 0.2) is 0 Å². The summed E-state index contributed by atoms with van der Waals surface area (Å²) in [7, 11) is -5.45. The molecular weight excluding hydrogens is 326 g/mol. The van der Waals surface area contributed by atoms with E-state index in [0.717, 1.165) is 6.07 Å². The van der Waals surface area contributed by atoms with Crippen molar-refractivity contribution in [1.82, 2.24) is 0 Å². The predicted molar refractivity (Wildman–Crippen MR) is 83.0 cm³/mol. The molecule has 0 aliphatic heterocycles. The maximum atomic E-state index is 12.1. The fourth-order valence-electron chi connectivity index (χ4n) is 1.74. The molecule has 0 aromatic heterocycles. The van der Waals surface area contributed by atoms with Crippen molar-refractivity contribution in [1.29, 1.82) is 0 Å². The molecule has 0 radical (unpaired) electrons. The van der Waals surface area contributed by atoms with Crippen LogP contribution < -0.4 is 5.32 Å². The molecule has 1 amide bonds. The van der Waals surface area contributed by atoms with Crippen LogP contribution in [0.15, 0.2) is 58.3 Å². The lowest BCUT2D eigenvalue weighted by atomic mass is 10.2. The maximum Gasteiger partial charge on any atom is 0.294 e. The Labute approximate surface area is 130 Å². The maximum absolute atomic E-state index is 12.1. The van der Waals surface area contributed by atoms with Crippen molar-refractivity contribution in [2.75, 3.05) is 11.6 Å².